The highest BCUT2D eigenvalue weighted by molar-refractivity contribution is 5.95. The third kappa shape index (κ3) is 4.85. The quantitative estimate of drug-likeness (QED) is 0.257. The summed E-state index contributed by atoms with van der Waals surface area (Å²) in [5.74, 6) is -0.0943. The van der Waals surface area contributed by atoms with E-state index in [2.05, 4.69) is 20.8 Å². The van der Waals surface area contributed by atoms with Gasteiger partial charge in [-0.25, -0.2) is 0 Å². The number of amides is 1. The Hall–Kier alpha value is -2.15. The summed E-state index contributed by atoms with van der Waals surface area (Å²) in [6.07, 6.45) is 1.57. The maximum absolute atomic E-state index is 11.7. The van der Waals surface area contributed by atoms with Gasteiger partial charge in [0.15, 0.2) is 5.84 Å². The molecule has 0 bridgehead atoms. The number of nitrogens with two attached hydrogens (primary N) is 1. The zero-order valence-electron chi connectivity index (χ0n) is 11.9. The molecule has 0 spiro atoms. The van der Waals surface area contributed by atoms with Gasteiger partial charge in [-0.3, -0.25) is 9.78 Å². The van der Waals surface area contributed by atoms with Crippen LogP contribution in [-0.4, -0.2) is 34.0 Å². The molecule has 1 rings (SSSR count). The smallest absolute Gasteiger partial charge is 0.237 e. The Labute approximate surface area is 118 Å². The number of nitrogens with one attached hydrogen (secondary N) is 2. The largest absolute Gasteiger partial charge is 0.409 e. The summed E-state index contributed by atoms with van der Waals surface area (Å²) < 4.78 is 0. The molecule has 0 aliphatic rings. The van der Waals surface area contributed by atoms with E-state index in [1.54, 1.807) is 25.3 Å². The summed E-state index contributed by atoms with van der Waals surface area (Å²) in [5.41, 5.74) is 6.76. The molecule has 5 N–H and O–H groups in total. The molecule has 0 aromatic carbocycles. The van der Waals surface area contributed by atoms with E-state index >= 15 is 0 Å². The standard InChI is InChI=1S/C13H21N5O2/c1-8(2)17-13(19)9(3)16-7-10-4-5-15-11(6-10)12(14)18-20/h4-6,8-9,16,20H,7H2,1-3H3,(H2,14,18)(H,17,19). The number of pyridine rings is 1. The molecule has 0 saturated heterocycles. The van der Waals surface area contributed by atoms with Crippen molar-refractivity contribution >= 4 is 11.7 Å². The van der Waals surface area contributed by atoms with E-state index in [-0.39, 0.29) is 23.8 Å². The minimum atomic E-state index is -0.308. The van der Waals surface area contributed by atoms with E-state index in [0.29, 0.717) is 12.2 Å². The van der Waals surface area contributed by atoms with E-state index in [0.717, 1.165) is 5.56 Å². The SMILES string of the molecule is CC(C)NC(=O)C(C)NCc1ccnc(/C(N)=N/O)c1. The zero-order chi connectivity index (χ0) is 15.1. The lowest BCUT2D eigenvalue weighted by molar-refractivity contribution is -0.123. The Morgan fingerprint density at radius 2 is 2.20 bits per heavy atom. The van der Waals surface area contributed by atoms with Crippen LogP contribution in [0.4, 0.5) is 0 Å². The highest BCUT2D eigenvalue weighted by Crippen LogP contribution is 2.02. The average molecular weight is 279 g/mol. The van der Waals surface area contributed by atoms with Gasteiger partial charge in [0.1, 0.15) is 5.69 Å². The molecular weight excluding hydrogens is 258 g/mol. The van der Waals surface area contributed by atoms with Gasteiger partial charge in [-0.05, 0) is 38.5 Å². The second-order valence-electron chi connectivity index (χ2n) is 4.80. The van der Waals surface area contributed by atoms with Gasteiger partial charge in [0.05, 0.1) is 6.04 Å². The number of carbonyl (C=O) groups is 1. The van der Waals surface area contributed by atoms with Crippen molar-refractivity contribution in [2.24, 2.45) is 10.9 Å². The van der Waals surface area contributed by atoms with Crippen molar-refractivity contribution in [2.75, 3.05) is 0 Å². The van der Waals surface area contributed by atoms with Crippen LogP contribution < -0.4 is 16.4 Å². The Morgan fingerprint density at radius 1 is 1.50 bits per heavy atom. The number of nitrogens with zero attached hydrogens (tertiary/aromatic N) is 2. The fourth-order valence-corrected chi connectivity index (χ4v) is 1.55. The molecule has 1 amide bonds. The summed E-state index contributed by atoms with van der Waals surface area (Å²) in [4.78, 5) is 15.7. The fourth-order valence-electron chi connectivity index (χ4n) is 1.55. The molecule has 1 aromatic rings. The first-order valence-corrected chi connectivity index (χ1v) is 6.40. The van der Waals surface area contributed by atoms with Crippen LogP contribution in [-0.2, 0) is 11.3 Å². The Bertz CT molecular complexity index is 487. The van der Waals surface area contributed by atoms with E-state index in [1.807, 2.05) is 13.8 Å². The fraction of sp³-hybridized carbons (Fsp3) is 0.462. The zero-order valence-corrected chi connectivity index (χ0v) is 11.9. The van der Waals surface area contributed by atoms with Crippen molar-refractivity contribution in [1.82, 2.24) is 15.6 Å². The number of carbonyl (C=O) groups excluding carboxylic acids is 1. The van der Waals surface area contributed by atoms with Crippen LogP contribution in [0.15, 0.2) is 23.5 Å². The summed E-state index contributed by atoms with van der Waals surface area (Å²) >= 11 is 0. The minimum absolute atomic E-state index is 0.0440. The lowest BCUT2D eigenvalue weighted by Gasteiger charge is -2.16. The van der Waals surface area contributed by atoms with Crippen molar-refractivity contribution in [1.29, 1.82) is 0 Å². The first kappa shape index (κ1) is 15.9. The maximum Gasteiger partial charge on any atom is 0.237 e. The van der Waals surface area contributed by atoms with Gasteiger partial charge in [-0.15, -0.1) is 0 Å². The lowest BCUT2D eigenvalue weighted by Crippen LogP contribution is -2.44. The van der Waals surface area contributed by atoms with E-state index in [4.69, 9.17) is 10.9 Å². The van der Waals surface area contributed by atoms with Crippen LogP contribution in [0.1, 0.15) is 32.0 Å². The number of amidine groups is 1. The molecule has 1 atom stereocenters. The van der Waals surface area contributed by atoms with Crippen molar-refractivity contribution in [3.05, 3.63) is 29.6 Å². The van der Waals surface area contributed by atoms with Crippen LogP contribution in [0.25, 0.3) is 0 Å². The monoisotopic (exact) mass is 279 g/mol. The first-order valence-electron chi connectivity index (χ1n) is 6.40. The van der Waals surface area contributed by atoms with Crippen molar-refractivity contribution in [2.45, 2.75) is 39.4 Å². The van der Waals surface area contributed by atoms with Gasteiger partial charge >= 0.3 is 0 Å². The van der Waals surface area contributed by atoms with Gasteiger partial charge < -0.3 is 21.6 Å². The molecule has 0 aliphatic carbocycles. The van der Waals surface area contributed by atoms with Crippen LogP contribution in [0, 0.1) is 0 Å². The third-order valence-corrected chi connectivity index (χ3v) is 2.63. The Balaban J connectivity index is 2.59. The molecule has 0 aliphatic heterocycles. The van der Waals surface area contributed by atoms with Crippen molar-refractivity contribution in [3.63, 3.8) is 0 Å². The normalized spacial score (nSPS) is 13.3. The number of rotatable bonds is 6. The summed E-state index contributed by atoms with van der Waals surface area (Å²) in [7, 11) is 0. The predicted octanol–water partition coefficient (Wildman–Crippen LogP) is 0.179. The summed E-state index contributed by atoms with van der Waals surface area (Å²) in [6, 6.07) is 3.31. The lowest BCUT2D eigenvalue weighted by atomic mass is 10.2. The summed E-state index contributed by atoms with van der Waals surface area (Å²) in [6.45, 7) is 6.11. The number of hydrogen-bond acceptors (Lipinski definition) is 5. The number of hydrogen-bond donors (Lipinski definition) is 4. The highest BCUT2D eigenvalue weighted by atomic mass is 16.4. The van der Waals surface area contributed by atoms with Crippen molar-refractivity contribution in [3.8, 4) is 0 Å². The van der Waals surface area contributed by atoms with Crippen LogP contribution in [0.5, 0.6) is 0 Å². The molecule has 1 heterocycles. The molecule has 7 heteroatoms. The van der Waals surface area contributed by atoms with E-state index in [1.165, 1.54) is 0 Å². The molecule has 7 nitrogen and oxygen atoms in total. The second kappa shape index (κ2) is 7.44. The number of aromatic nitrogens is 1. The number of oxime groups is 1. The van der Waals surface area contributed by atoms with E-state index in [9.17, 15) is 4.79 Å². The molecule has 0 fully saturated rings. The Morgan fingerprint density at radius 3 is 2.80 bits per heavy atom. The highest BCUT2D eigenvalue weighted by Gasteiger charge is 2.13. The van der Waals surface area contributed by atoms with Gasteiger partial charge in [0.2, 0.25) is 5.91 Å². The summed E-state index contributed by atoms with van der Waals surface area (Å²) in [5, 5.41) is 17.4. The molecule has 0 radical (unpaired) electrons. The van der Waals surface area contributed by atoms with Crippen LogP contribution in [0.3, 0.4) is 0 Å². The van der Waals surface area contributed by atoms with E-state index < -0.39 is 0 Å². The third-order valence-electron chi connectivity index (χ3n) is 2.63. The molecule has 20 heavy (non-hydrogen) atoms. The van der Waals surface area contributed by atoms with Crippen molar-refractivity contribution < 1.29 is 10.0 Å². The molecular formula is C13H21N5O2. The molecule has 1 unspecified atom stereocenters. The molecule has 1 aromatic heterocycles. The van der Waals surface area contributed by atoms with Crippen LogP contribution in [0.2, 0.25) is 0 Å². The predicted molar refractivity (Wildman–Crippen MR) is 76.3 cm³/mol. The first-order chi connectivity index (χ1) is 9.43. The second-order valence-corrected chi connectivity index (χ2v) is 4.80. The van der Waals surface area contributed by atoms with Gasteiger partial charge in [-0.2, -0.15) is 0 Å². The van der Waals surface area contributed by atoms with Gasteiger partial charge in [0, 0.05) is 18.8 Å². The topological polar surface area (TPSA) is 113 Å². The van der Waals surface area contributed by atoms with Gasteiger partial charge in [-0.1, -0.05) is 5.16 Å². The molecule has 0 saturated carbocycles. The minimum Gasteiger partial charge on any atom is -0.409 e. The Kier molecular flexibility index (Phi) is 5.92. The molecule has 110 valence electrons. The van der Waals surface area contributed by atoms with Crippen LogP contribution >= 0.6 is 0 Å². The average Bonchev–Trinajstić information content (AvgIpc) is 2.43. The van der Waals surface area contributed by atoms with Gasteiger partial charge in [0.25, 0.3) is 0 Å². The maximum atomic E-state index is 11.7.